The topological polar surface area (TPSA) is 58.0 Å². The van der Waals surface area contributed by atoms with Gasteiger partial charge in [-0.2, -0.15) is 0 Å². The molecule has 2 aromatic heterocycles. The van der Waals surface area contributed by atoms with E-state index in [4.69, 9.17) is 4.42 Å². The highest BCUT2D eigenvalue weighted by atomic mass is 19.1. The largest absolute Gasteiger partial charge is 0.451 e. The summed E-state index contributed by atoms with van der Waals surface area (Å²) in [5.74, 6) is -0.489. The van der Waals surface area contributed by atoms with Crippen LogP contribution in [0.2, 0.25) is 0 Å². The number of amides is 1. The van der Waals surface area contributed by atoms with E-state index in [1.807, 2.05) is 42.6 Å². The quantitative estimate of drug-likeness (QED) is 0.376. The van der Waals surface area contributed by atoms with Crippen molar-refractivity contribution in [1.82, 2.24) is 10.3 Å². The Morgan fingerprint density at radius 3 is 2.65 bits per heavy atom. The summed E-state index contributed by atoms with van der Waals surface area (Å²) in [6.07, 6.45) is 2.00. The zero-order chi connectivity index (χ0) is 21.4. The van der Waals surface area contributed by atoms with Crippen LogP contribution < -0.4 is 5.32 Å². The second-order valence-corrected chi connectivity index (χ2v) is 7.66. The number of nitrogens with one attached hydrogen (secondary N) is 2. The number of benzene rings is 3. The standard InChI is InChI=1S/C26H21FN2O2/c1-16-20-13-18(27)11-12-24(20)31-25(16)26(30)29-14-21(17-7-3-2-4-8-17)22-15-28-23-10-6-5-9-19(22)23/h2-13,15,21,28H,14H2,1H3,(H,29,30). The lowest BCUT2D eigenvalue weighted by Crippen LogP contribution is -2.29. The lowest BCUT2D eigenvalue weighted by Gasteiger charge is -2.18. The van der Waals surface area contributed by atoms with Crippen molar-refractivity contribution in [1.29, 1.82) is 0 Å². The Morgan fingerprint density at radius 2 is 1.81 bits per heavy atom. The van der Waals surface area contributed by atoms with Gasteiger partial charge in [0.1, 0.15) is 11.4 Å². The predicted octanol–water partition coefficient (Wildman–Crippen LogP) is 5.92. The van der Waals surface area contributed by atoms with Crippen molar-refractivity contribution < 1.29 is 13.6 Å². The van der Waals surface area contributed by atoms with Crippen molar-refractivity contribution in [2.24, 2.45) is 0 Å². The fourth-order valence-electron chi connectivity index (χ4n) is 4.16. The number of carbonyl (C=O) groups is 1. The Bertz CT molecular complexity index is 1380. The average Bonchev–Trinajstić information content (AvgIpc) is 3.36. The second-order valence-electron chi connectivity index (χ2n) is 7.66. The monoisotopic (exact) mass is 412 g/mol. The third-order valence-electron chi connectivity index (χ3n) is 5.77. The van der Waals surface area contributed by atoms with Crippen LogP contribution in [-0.4, -0.2) is 17.4 Å². The number of H-pyrrole nitrogens is 1. The minimum atomic E-state index is -0.355. The van der Waals surface area contributed by atoms with Gasteiger partial charge in [0.15, 0.2) is 5.76 Å². The van der Waals surface area contributed by atoms with Gasteiger partial charge >= 0.3 is 0 Å². The molecule has 5 aromatic rings. The summed E-state index contributed by atoms with van der Waals surface area (Å²) in [7, 11) is 0. The van der Waals surface area contributed by atoms with Crippen molar-refractivity contribution in [3.8, 4) is 0 Å². The number of aryl methyl sites for hydroxylation is 1. The Labute approximate surface area is 178 Å². The van der Waals surface area contributed by atoms with E-state index in [9.17, 15) is 9.18 Å². The number of rotatable bonds is 5. The van der Waals surface area contributed by atoms with E-state index in [1.165, 1.54) is 12.1 Å². The molecule has 31 heavy (non-hydrogen) atoms. The van der Waals surface area contributed by atoms with Crippen molar-refractivity contribution in [2.75, 3.05) is 6.54 Å². The maximum absolute atomic E-state index is 13.6. The number of hydrogen-bond acceptors (Lipinski definition) is 2. The molecule has 2 heterocycles. The van der Waals surface area contributed by atoms with E-state index >= 15 is 0 Å². The molecule has 3 aromatic carbocycles. The molecule has 0 bridgehead atoms. The van der Waals surface area contributed by atoms with Gasteiger partial charge in [0.05, 0.1) is 0 Å². The molecular formula is C26H21FN2O2. The predicted molar refractivity (Wildman–Crippen MR) is 120 cm³/mol. The highest BCUT2D eigenvalue weighted by Gasteiger charge is 2.22. The maximum Gasteiger partial charge on any atom is 0.287 e. The van der Waals surface area contributed by atoms with Crippen LogP contribution in [0.15, 0.2) is 83.4 Å². The molecular weight excluding hydrogens is 391 g/mol. The zero-order valence-corrected chi connectivity index (χ0v) is 17.0. The number of aromatic nitrogens is 1. The van der Waals surface area contributed by atoms with E-state index in [0.717, 1.165) is 22.0 Å². The SMILES string of the molecule is Cc1c(C(=O)NCC(c2ccccc2)c2c[nH]c3ccccc23)oc2ccc(F)cc12. The van der Waals surface area contributed by atoms with Crippen LogP contribution in [0.5, 0.6) is 0 Å². The highest BCUT2D eigenvalue weighted by Crippen LogP contribution is 2.31. The number of halogens is 1. The lowest BCUT2D eigenvalue weighted by molar-refractivity contribution is 0.0926. The molecule has 0 radical (unpaired) electrons. The van der Waals surface area contributed by atoms with Crippen LogP contribution in [0.4, 0.5) is 4.39 Å². The summed E-state index contributed by atoms with van der Waals surface area (Å²) in [5, 5.41) is 4.76. The third kappa shape index (κ3) is 3.48. The van der Waals surface area contributed by atoms with E-state index in [-0.39, 0.29) is 23.4 Å². The molecule has 1 unspecified atom stereocenters. The van der Waals surface area contributed by atoms with Crippen molar-refractivity contribution in [3.63, 3.8) is 0 Å². The smallest absolute Gasteiger partial charge is 0.287 e. The molecule has 0 aliphatic carbocycles. The molecule has 0 fully saturated rings. The first kappa shape index (κ1) is 19.1. The van der Waals surface area contributed by atoms with E-state index < -0.39 is 0 Å². The fraction of sp³-hybridized carbons (Fsp3) is 0.115. The van der Waals surface area contributed by atoms with Crippen LogP contribution >= 0.6 is 0 Å². The van der Waals surface area contributed by atoms with E-state index in [1.54, 1.807) is 13.0 Å². The molecule has 5 rings (SSSR count). The van der Waals surface area contributed by atoms with Crippen molar-refractivity contribution >= 4 is 27.8 Å². The first-order valence-electron chi connectivity index (χ1n) is 10.2. The highest BCUT2D eigenvalue weighted by molar-refractivity contribution is 5.99. The molecule has 0 saturated heterocycles. The van der Waals surface area contributed by atoms with E-state index in [2.05, 4.69) is 28.5 Å². The second kappa shape index (κ2) is 7.76. The Balaban J connectivity index is 1.47. The number of para-hydroxylation sites is 1. The van der Waals surface area contributed by atoms with Gasteiger partial charge in [0.25, 0.3) is 5.91 Å². The summed E-state index contributed by atoms with van der Waals surface area (Å²) in [4.78, 5) is 16.3. The summed E-state index contributed by atoms with van der Waals surface area (Å²) in [5.41, 5.74) is 4.41. The van der Waals surface area contributed by atoms with Gasteiger partial charge in [-0.25, -0.2) is 4.39 Å². The van der Waals surface area contributed by atoms with Crippen molar-refractivity contribution in [3.05, 3.63) is 107 Å². The average molecular weight is 412 g/mol. The maximum atomic E-state index is 13.6. The van der Waals surface area contributed by atoms with Crippen LogP contribution in [0.3, 0.4) is 0 Å². The van der Waals surface area contributed by atoms with Crippen LogP contribution in [0, 0.1) is 12.7 Å². The molecule has 5 heteroatoms. The van der Waals surface area contributed by atoms with Gasteiger partial charge in [0, 0.05) is 40.5 Å². The minimum absolute atomic E-state index is 0.0385. The van der Waals surface area contributed by atoms with Gasteiger partial charge in [0.2, 0.25) is 0 Å². The molecule has 154 valence electrons. The molecule has 4 nitrogen and oxygen atoms in total. The van der Waals surface area contributed by atoms with Gasteiger partial charge in [-0.1, -0.05) is 48.5 Å². The van der Waals surface area contributed by atoms with E-state index in [0.29, 0.717) is 23.1 Å². The van der Waals surface area contributed by atoms with Gasteiger partial charge in [-0.15, -0.1) is 0 Å². The molecule has 0 aliphatic rings. The number of hydrogen-bond donors (Lipinski definition) is 2. The Kier molecular flexibility index (Phi) is 4.79. The Morgan fingerprint density at radius 1 is 1.03 bits per heavy atom. The molecule has 0 spiro atoms. The first-order chi connectivity index (χ1) is 15.1. The lowest BCUT2D eigenvalue weighted by atomic mass is 9.91. The number of furan rings is 1. The summed E-state index contributed by atoms with van der Waals surface area (Å²) in [6.45, 7) is 2.17. The molecule has 1 atom stereocenters. The summed E-state index contributed by atoms with van der Waals surface area (Å²) < 4.78 is 19.3. The van der Waals surface area contributed by atoms with Crippen LogP contribution in [0.25, 0.3) is 21.9 Å². The Hall–Kier alpha value is -3.86. The van der Waals surface area contributed by atoms with Gasteiger partial charge in [-0.3, -0.25) is 4.79 Å². The number of aromatic amines is 1. The zero-order valence-electron chi connectivity index (χ0n) is 17.0. The van der Waals surface area contributed by atoms with Gasteiger partial charge in [-0.05, 0) is 42.3 Å². The first-order valence-corrected chi connectivity index (χ1v) is 10.2. The minimum Gasteiger partial charge on any atom is -0.451 e. The molecule has 0 saturated carbocycles. The molecule has 2 N–H and O–H groups in total. The third-order valence-corrected chi connectivity index (χ3v) is 5.77. The van der Waals surface area contributed by atoms with Crippen molar-refractivity contribution in [2.45, 2.75) is 12.8 Å². The number of carbonyl (C=O) groups excluding carboxylic acids is 1. The fourth-order valence-corrected chi connectivity index (χ4v) is 4.16. The van der Waals surface area contributed by atoms with Crippen LogP contribution in [-0.2, 0) is 0 Å². The van der Waals surface area contributed by atoms with Crippen LogP contribution in [0.1, 0.15) is 33.2 Å². The number of fused-ring (bicyclic) bond motifs is 2. The molecule has 1 amide bonds. The normalized spacial score (nSPS) is 12.3. The molecule has 0 aliphatic heterocycles. The van der Waals surface area contributed by atoms with Gasteiger partial charge < -0.3 is 14.7 Å². The summed E-state index contributed by atoms with van der Waals surface area (Å²) in [6, 6.07) is 22.5. The summed E-state index contributed by atoms with van der Waals surface area (Å²) >= 11 is 0.